The lowest BCUT2D eigenvalue weighted by atomic mass is 9.82. The van der Waals surface area contributed by atoms with E-state index in [1.54, 1.807) is 27.8 Å². The Morgan fingerprint density at radius 3 is 2.00 bits per heavy atom. The summed E-state index contributed by atoms with van der Waals surface area (Å²) in [5.41, 5.74) is -0.595. The average molecular weight is 327 g/mol. The van der Waals surface area contributed by atoms with Gasteiger partial charge in [0.1, 0.15) is 12.1 Å². The quantitative estimate of drug-likeness (QED) is 0.613. The molecular weight excluding hydrogens is 298 g/mol. The lowest BCUT2D eigenvalue weighted by Crippen LogP contribution is -2.59. The van der Waals surface area contributed by atoms with Crippen molar-refractivity contribution in [3.05, 3.63) is 0 Å². The Kier molecular flexibility index (Phi) is 6.84. The van der Waals surface area contributed by atoms with Crippen molar-refractivity contribution in [1.82, 2.24) is 16.0 Å². The Hall–Kier alpha value is -1.79. The highest BCUT2D eigenvalue weighted by molar-refractivity contribution is 5.91. The molecule has 4 N–H and O–H groups in total. The summed E-state index contributed by atoms with van der Waals surface area (Å²) in [7, 11) is 1.54. The third-order valence-corrected chi connectivity index (χ3v) is 4.34. The van der Waals surface area contributed by atoms with Crippen LogP contribution in [-0.2, 0) is 9.59 Å². The Morgan fingerprint density at radius 2 is 1.57 bits per heavy atom. The van der Waals surface area contributed by atoms with Crippen LogP contribution in [0.1, 0.15) is 52.9 Å². The molecule has 0 radical (unpaired) electrons. The van der Waals surface area contributed by atoms with E-state index in [2.05, 4.69) is 16.0 Å². The molecule has 0 aliphatic heterocycles. The fourth-order valence-corrected chi connectivity index (χ4v) is 3.06. The van der Waals surface area contributed by atoms with Crippen LogP contribution in [0.15, 0.2) is 0 Å². The van der Waals surface area contributed by atoms with E-state index in [9.17, 15) is 14.4 Å². The molecule has 0 bridgehead atoms. The van der Waals surface area contributed by atoms with Crippen LogP contribution in [0.3, 0.4) is 0 Å². The van der Waals surface area contributed by atoms with Crippen molar-refractivity contribution in [2.75, 3.05) is 7.05 Å². The monoisotopic (exact) mass is 327 g/mol. The maximum Gasteiger partial charge on any atom is 0.405 e. The fraction of sp³-hybridized carbons (Fsp3) is 0.812. The van der Waals surface area contributed by atoms with E-state index < -0.39 is 29.5 Å². The van der Waals surface area contributed by atoms with Crippen molar-refractivity contribution >= 4 is 17.9 Å². The number of nitrogens with one attached hydrogen (secondary N) is 3. The minimum absolute atomic E-state index is 0.0955. The molecule has 0 saturated heterocycles. The van der Waals surface area contributed by atoms with Crippen LogP contribution in [0.2, 0.25) is 0 Å². The summed E-state index contributed by atoms with van der Waals surface area (Å²) >= 11 is 0. The van der Waals surface area contributed by atoms with Crippen LogP contribution in [0.4, 0.5) is 4.79 Å². The topological polar surface area (TPSA) is 108 Å². The fourth-order valence-electron chi connectivity index (χ4n) is 3.06. The summed E-state index contributed by atoms with van der Waals surface area (Å²) in [4.78, 5) is 35.7. The molecule has 1 aliphatic rings. The molecule has 0 heterocycles. The Balaban J connectivity index is 2.88. The molecule has 132 valence electrons. The second-order valence-corrected chi connectivity index (χ2v) is 7.25. The summed E-state index contributed by atoms with van der Waals surface area (Å²) < 4.78 is 0. The molecule has 0 spiro atoms. The van der Waals surface area contributed by atoms with E-state index in [-0.39, 0.29) is 11.8 Å². The minimum atomic E-state index is -1.26. The first-order valence-corrected chi connectivity index (χ1v) is 8.18. The van der Waals surface area contributed by atoms with Gasteiger partial charge in [0, 0.05) is 7.05 Å². The van der Waals surface area contributed by atoms with E-state index in [0.717, 1.165) is 32.1 Å². The first kappa shape index (κ1) is 19.3. The lowest BCUT2D eigenvalue weighted by Gasteiger charge is -2.34. The van der Waals surface area contributed by atoms with Crippen molar-refractivity contribution in [2.24, 2.45) is 11.3 Å². The van der Waals surface area contributed by atoms with Gasteiger partial charge in [0.25, 0.3) is 0 Å². The zero-order chi connectivity index (χ0) is 17.6. The zero-order valence-corrected chi connectivity index (χ0v) is 14.4. The van der Waals surface area contributed by atoms with Gasteiger partial charge in [-0.15, -0.1) is 0 Å². The minimum Gasteiger partial charge on any atom is -0.465 e. The second kappa shape index (κ2) is 8.17. The van der Waals surface area contributed by atoms with Crippen molar-refractivity contribution in [3.63, 3.8) is 0 Å². The third-order valence-electron chi connectivity index (χ3n) is 4.34. The number of carbonyl (C=O) groups is 3. The largest absolute Gasteiger partial charge is 0.465 e. The van der Waals surface area contributed by atoms with Gasteiger partial charge < -0.3 is 21.1 Å². The Morgan fingerprint density at radius 1 is 1.00 bits per heavy atom. The van der Waals surface area contributed by atoms with Crippen LogP contribution in [0, 0.1) is 11.3 Å². The standard InChI is InChI=1S/C16H29N3O4/c1-16(2,3)12(19-15(22)23)14(21)18-11(13(20)17-4)10-8-6-5-7-9-10/h10-12,19H,5-9H2,1-4H3,(H,17,20)(H,18,21)(H,22,23)/t11-,12+/m0/s1. The molecule has 1 fully saturated rings. The second-order valence-electron chi connectivity index (χ2n) is 7.25. The van der Waals surface area contributed by atoms with Gasteiger partial charge in [-0.25, -0.2) is 4.79 Å². The number of amides is 3. The Labute approximate surface area is 137 Å². The maximum atomic E-state index is 12.6. The van der Waals surface area contributed by atoms with Crippen LogP contribution in [0.5, 0.6) is 0 Å². The number of hydrogen-bond acceptors (Lipinski definition) is 3. The van der Waals surface area contributed by atoms with Crippen LogP contribution >= 0.6 is 0 Å². The smallest absolute Gasteiger partial charge is 0.405 e. The molecule has 3 amide bonds. The average Bonchev–Trinajstić information content (AvgIpc) is 2.49. The number of carboxylic acid groups (broad SMARTS) is 1. The highest BCUT2D eigenvalue weighted by atomic mass is 16.4. The third kappa shape index (κ3) is 5.73. The van der Waals surface area contributed by atoms with Gasteiger partial charge in [0.05, 0.1) is 0 Å². The molecule has 1 rings (SSSR count). The van der Waals surface area contributed by atoms with E-state index in [1.165, 1.54) is 0 Å². The molecule has 0 unspecified atom stereocenters. The highest BCUT2D eigenvalue weighted by Gasteiger charge is 2.37. The van der Waals surface area contributed by atoms with Crippen molar-refractivity contribution in [2.45, 2.75) is 65.0 Å². The summed E-state index contributed by atoms with van der Waals surface area (Å²) in [5.74, 6) is -0.592. The molecule has 0 aromatic rings. The Bertz CT molecular complexity index is 439. The van der Waals surface area contributed by atoms with E-state index >= 15 is 0 Å². The summed E-state index contributed by atoms with van der Waals surface area (Å²) in [6, 6.07) is -1.54. The predicted octanol–water partition coefficient (Wildman–Crippen LogP) is 1.48. The van der Waals surface area contributed by atoms with E-state index in [4.69, 9.17) is 5.11 Å². The highest BCUT2D eigenvalue weighted by Crippen LogP contribution is 2.27. The van der Waals surface area contributed by atoms with E-state index in [0.29, 0.717) is 0 Å². The molecule has 2 atom stereocenters. The molecule has 1 saturated carbocycles. The predicted molar refractivity (Wildman–Crippen MR) is 87.0 cm³/mol. The van der Waals surface area contributed by atoms with Crippen LogP contribution < -0.4 is 16.0 Å². The number of rotatable bonds is 5. The van der Waals surface area contributed by atoms with Crippen molar-refractivity contribution in [3.8, 4) is 0 Å². The summed E-state index contributed by atoms with van der Waals surface area (Å²) in [5, 5.41) is 16.6. The first-order valence-electron chi connectivity index (χ1n) is 8.18. The molecular formula is C16H29N3O4. The molecule has 7 heteroatoms. The molecule has 1 aliphatic carbocycles. The van der Waals surface area contributed by atoms with E-state index in [1.807, 2.05) is 0 Å². The molecule has 23 heavy (non-hydrogen) atoms. The van der Waals surface area contributed by atoms with Crippen molar-refractivity contribution in [1.29, 1.82) is 0 Å². The normalized spacial score (nSPS) is 18.6. The van der Waals surface area contributed by atoms with Gasteiger partial charge in [-0.1, -0.05) is 40.0 Å². The summed E-state index contributed by atoms with van der Waals surface area (Å²) in [6.45, 7) is 5.34. The maximum absolute atomic E-state index is 12.6. The zero-order valence-electron chi connectivity index (χ0n) is 14.4. The van der Waals surface area contributed by atoms with Crippen molar-refractivity contribution < 1.29 is 19.5 Å². The lowest BCUT2D eigenvalue weighted by molar-refractivity contribution is -0.132. The van der Waals surface area contributed by atoms with Crippen LogP contribution in [-0.4, -0.2) is 42.1 Å². The number of hydrogen-bond donors (Lipinski definition) is 4. The first-order chi connectivity index (χ1) is 10.7. The molecule has 0 aromatic heterocycles. The summed E-state index contributed by atoms with van der Waals surface area (Å²) in [6.07, 6.45) is 3.77. The SMILES string of the molecule is CNC(=O)[C@@H](NC(=O)[C@@H](NC(=O)O)C(C)(C)C)C1CCCCC1. The number of likely N-dealkylation sites (N-methyl/N-ethyl adjacent to an activating group) is 1. The molecule has 7 nitrogen and oxygen atoms in total. The molecule has 0 aromatic carbocycles. The van der Waals surface area contributed by atoms with Gasteiger partial charge in [-0.05, 0) is 24.2 Å². The van der Waals surface area contributed by atoms with Gasteiger partial charge in [-0.3, -0.25) is 9.59 Å². The van der Waals surface area contributed by atoms with Gasteiger partial charge in [0.2, 0.25) is 11.8 Å². The van der Waals surface area contributed by atoms with Gasteiger partial charge in [0.15, 0.2) is 0 Å². The number of carbonyl (C=O) groups excluding carboxylic acids is 2. The van der Waals surface area contributed by atoms with Gasteiger partial charge >= 0.3 is 6.09 Å². The van der Waals surface area contributed by atoms with Crippen LogP contribution in [0.25, 0.3) is 0 Å². The van der Waals surface area contributed by atoms with Gasteiger partial charge in [-0.2, -0.15) is 0 Å².